The molecule has 0 radical (unpaired) electrons. The smallest absolute Gasteiger partial charge is 0.293 e. The second-order valence-corrected chi connectivity index (χ2v) is 6.37. The SMILES string of the molecule is CN1C(=N)[NH+](CC(=O)C2C=CC=CC2)c2cccc(-c3cn[nH]c3)c21. The highest BCUT2D eigenvalue weighted by atomic mass is 16.1. The number of hydrogen-bond donors (Lipinski definition) is 3. The molecule has 2 atom stereocenters. The van der Waals surface area contributed by atoms with E-state index in [-0.39, 0.29) is 18.2 Å². The molecule has 0 saturated heterocycles. The fraction of sp³-hybridized carbons (Fsp3) is 0.211. The topological polar surface area (TPSA) is 77.3 Å². The lowest BCUT2D eigenvalue weighted by atomic mass is 9.96. The zero-order valence-electron chi connectivity index (χ0n) is 14.0. The van der Waals surface area contributed by atoms with Crippen LogP contribution in [0.15, 0.2) is 54.9 Å². The molecule has 1 aromatic carbocycles. The lowest BCUT2D eigenvalue weighted by molar-refractivity contribution is -0.718. The summed E-state index contributed by atoms with van der Waals surface area (Å²) >= 11 is 0. The summed E-state index contributed by atoms with van der Waals surface area (Å²) in [5.74, 6) is 0.474. The van der Waals surface area contributed by atoms with Gasteiger partial charge < -0.3 is 0 Å². The minimum Gasteiger partial charge on any atom is -0.293 e. The number of para-hydroxylation sites is 1. The Morgan fingerprint density at radius 3 is 3.04 bits per heavy atom. The van der Waals surface area contributed by atoms with E-state index in [9.17, 15) is 4.79 Å². The van der Waals surface area contributed by atoms with Crippen molar-refractivity contribution < 1.29 is 9.69 Å². The lowest BCUT2D eigenvalue weighted by Gasteiger charge is -2.16. The van der Waals surface area contributed by atoms with Crippen LogP contribution >= 0.6 is 0 Å². The van der Waals surface area contributed by atoms with Gasteiger partial charge >= 0.3 is 5.96 Å². The first kappa shape index (κ1) is 15.5. The number of carbonyl (C=O) groups excluding carboxylic acids is 1. The van der Waals surface area contributed by atoms with Crippen LogP contribution in [-0.2, 0) is 4.79 Å². The van der Waals surface area contributed by atoms with Crippen LogP contribution in [0.1, 0.15) is 6.42 Å². The number of anilines is 1. The molecule has 4 rings (SSSR count). The Labute approximate surface area is 146 Å². The molecule has 1 aromatic heterocycles. The van der Waals surface area contributed by atoms with Crippen molar-refractivity contribution in [1.82, 2.24) is 10.2 Å². The average Bonchev–Trinajstić information content (AvgIpc) is 3.26. The number of hydrogen-bond acceptors (Lipinski definition) is 3. The van der Waals surface area contributed by atoms with E-state index in [1.807, 2.05) is 60.6 Å². The average molecular weight is 334 g/mol. The van der Waals surface area contributed by atoms with Crippen LogP contribution in [0.2, 0.25) is 0 Å². The molecule has 1 aliphatic heterocycles. The Hall–Kier alpha value is -2.99. The van der Waals surface area contributed by atoms with E-state index in [0.29, 0.717) is 5.96 Å². The number of aromatic amines is 1. The van der Waals surface area contributed by atoms with Crippen molar-refractivity contribution in [1.29, 1.82) is 5.41 Å². The van der Waals surface area contributed by atoms with Crippen LogP contribution < -0.4 is 9.80 Å². The maximum atomic E-state index is 12.7. The first-order chi connectivity index (χ1) is 12.2. The van der Waals surface area contributed by atoms with Gasteiger partial charge in [0.1, 0.15) is 12.2 Å². The maximum absolute atomic E-state index is 12.7. The van der Waals surface area contributed by atoms with E-state index in [1.54, 1.807) is 6.20 Å². The van der Waals surface area contributed by atoms with Gasteiger partial charge in [-0.15, -0.1) is 0 Å². The van der Waals surface area contributed by atoms with Gasteiger partial charge in [-0.2, -0.15) is 5.10 Å². The number of allylic oxidation sites excluding steroid dienone is 4. The van der Waals surface area contributed by atoms with Crippen molar-refractivity contribution in [2.24, 2.45) is 5.92 Å². The second kappa shape index (κ2) is 6.14. The molecular formula is C19H20N5O+. The van der Waals surface area contributed by atoms with Crippen LogP contribution in [0.5, 0.6) is 0 Å². The summed E-state index contributed by atoms with van der Waals surface area (Å²) < 4.78 is 0. The Morgan fingerprint density at radius 2 is 2.32 bits per heavy atom. The summed E-state index contributed by atoms with van der Waals surface area (Å²) in [6.45, 7) is 0.286. The summed E-state index contributed by atoms with van der Waals surface area (Å²) in [5, 5.41) is 15.4. The molecule has 25 heavy (non-hydrogen) atoms. The van der Waals surface area contributed by atoms with Gasteiger partial charge in [0.15, 0.2) is 11.5 Å². The molecule has 6 nitrogen and oxygen atoms in total. The number of benzene rings is 1. The van der Waals surface area contributed by atoms with Gasteiger partial charge in [-0.3, -0.25) is 14.8 Å². The zero-order chi connectivity index (χ0) is 17.4. The van der Waals surface area contributed by atoms with E-state index < -0.39 is 0 Å². The van der Waals surface area contributed by atoms with Gasteiger partial charge in [-0.25, -0.2) is 10.3 Å². The van der Waals surface area contributed by atoms with Gasteiger partial charge in [0, 0.05) is 36.4 Å². The number of nitrogens with one attached hydrogen (secondary N) is 3. The highest BCUT2D eigenvalue weighted by Crippen LogP contribution is 2.37. The van der Waals surface area contributed by atoms with E-state index in [2.05, 4.69) is 10.2 Å². The normalized spacial score (nSPS) is 21.6. The summed E-state index contributed by atoms with van der Waals surface area (Å²) in [7, 11) is 1.88. The Bertz CT molecular complexity index is 881. The highest BCUT2D eigenvalue weighted by Gasteiger charge is 2.39. The van der Waals surface area contributed by atoms with Crippen LogP contribution in [-0.4, -0.2) is 35.5 Å². The first-order valence-electron chi connectivity index (χ1n) is 8.34. The summed E-state index contributed by atoms with van der Waals surface area (Å²) in [6.07, 6.45) is 12.2. The van der Waals surface area contributed by atoms with Crippen LogP contribution in [0.3, 0.4) is 0 Å². The molecule has 2 aliphatic rings. The van der Waals surface area contributed by atoms with Crippen molar-refractivity contribution in [3.63, 3.8) is 0 Å². The number of carbonyl (C=O) groups is 1. The standard InChI is InChI=1S/C19H19N5O/c1-23-18-15(14-10-21-22-11-14)8-5-9-16(18)24(19(23)20)12-17(25)13-6-3-2-4-7-13/h2-6,8-11,13,20H,7,12H2,1H3,(H,21,22)/p+1. The number of H-pyrrole nitrogens is 1. The molecule has 1 aliphatic carbocycles. The van der Waals surface area contributed by atoms with Gasteiger partial charge in [-0.05, 0) is 6.42 Å². The summed E-state index contributed by atoms with van der Waals surface area (Å²) in [4.78, 5) is 15.4. The number of fused-ring (bicyclic) bond motifs is 1. The number of guanidine groups is 1. The molecule has 6 heteroatoms. The molecule has 0 spiro atoms. The van der Waals surface area contributed by atoms with Crippen LogP contribution in [0.25, 0.3) is 11.1 Å². The number of Topliss-reactive ketones (excluding diaryl/α,β-unsaturated/α-hetero) is 1. The molecule has 0 bridgehead atoms. The minimum atomic E-state index is -0.0864. The second-order valence-electron chi connectivity index (χ2n) is 6.37. The summed E-state index contributed by atoms with van der Waals surface area (Å²) in [5.41, 5.74) is 3.93. The molecular weight excluding hydrogens is 314 g/mol. The van der Waals surface area contributed by atoms with Crippen molar-refractivity contribution in [3.8, 4) is 11.1 Å². The van der Waals surface area contributed by atoms with Gasteiger partial charge in [0.2, 0.25) is 0 Å². The molecule has 3 N–H and O–H groups in total. The van der Waals surface area contributed by atoms with E-state index in [1.165, 1.54) is 0 Å². The number of quaternary nitrogens is 1. The van der Waals surface area contributed by atoms with Crippen LogP contribution in [0, 0.1) is 11.3 Å². The highest BCUT2D eigenvalue weighted by molar-refractivity contribution is 6.03. The van der Waals surface area contributed by atoms with E-state index in [4.69, 9.17) is 5.41 Å². The van der Waals surface area contributed by atoms with Crippen molar-refractivity contribution >= 4 is 23.1 Å². The fourth-order valence-electron chi connectivity index (χ4n) is 3.52. The monoisotopic (exact) mass is 334 g/mol. The quantitative estimate of drug-likeness (QED) is 0.796. The van der Waals surface area contributed by atoms with Crippen molar-refractivity contribution in [3.05, 3.63) is 54.9 Å². The predicted molar refractivity (Wildman–Crippen MR) is 97.0 cm³/mol. The predicted octanol–water partition coefficient (Wildman–Crippen LogP) is 1.68. The number of aromatic nitrogens is 2. The number of ketones is 1. The molecule has 0 saturated carbocycles. The van der Waals surface area contributed by atoms with Gasteiger partial charge in [0.25, 0.3) is 0 Å². The summed E-state index contributed by atoms with van der Waals surface area (Å²) in [6, 6.07) is 5.99. The molecule has 0 amide bonds. The molecule has 126 valence electrons. The van der Waals surface area contributed by atoms with Crippen LogP contribution in [0.4, 0.5) is 11.4 Å². The third-order valence-corrected chi connectivity index (χ3v) is 4.87. The largest absolute Gasteiger partial charge is 0.305 e. The molecule has 2 heterocycles. The van der Waals surface area contributed by atoms with E-state index >= 15 is 0 Å². The third-order valence-electron chi connectivity index (χ3n) is 4.87. The van der Waals surface area contributed by atoms with E-state index in [0.717, 1.165) is 33.8 Å². The first-order valence-corrected chi connectivity index (χ1v) is 8.34. The number of rotatable bonds is 4. The zero-order valence-corrected chi connectivity index (χ0v) is 14.0. The minimum absolute atomic E-state index is 0.0864. The van der Waals surface area contributed by atoms with Crippen molar-refractivity contribution in [2.75, 3.05) is 18.5 Å². The fourth-order valence-corrected chi connectivity index (χ4v) is 3.52. The van der Waals surface area contributed by atoms with Gasteiger partial charge in [-0.1, -0.05) is 36.4 Å². The Kier molecular flexibility index (Phi) is 3.82. The lowest BCUT2D eigenvalue weighted by Crippen LogP contribution is -3.10. The number of nitrogens with zero attached hydrogens (tertiary/aromatic N) is 2. The maximum Gasteiger partial charge on any atom is 0.305 e. The molecule has 2 aromatic rings. The Morgan fingerprint density at radius 1 is 1.44 bits per heavy atom. The molecule has 2 unspecified atom stereocenters. The Balaban J connectivity index is 1.67. The molecule has 0 fully saturated rings. The van der Waals surface area contributed by atoms with Crippen molar-refractivity contribution in [2.45, 2.75) is 6.42 Å². The van der Waals surface area contributed by atoms with Gasteiger partial charge in [0.05, 0.1) is 6.20 Å². The third kappa shape index (κ3) is 2.60.